The van der Waals surface area contributed by atoms with Crippen molar-refractivity contribution in [3.05, 3.63) is 94.5 Å². The predicted molar refractivity (Wildman–Crippen MR) is 98.7 cm³/mol. The van der Waals surface area contributed by atoms with Crippen LogP contribution < -0.4 is 4.18 Å². The van der Waals surface area contributed by atoms with Crippen molar-refractivity contribution in [1.29, 1.82) is 0 Å². The van der Waals surface area contributed by atoms with Gasteiger partial charge in [-0.3, -0.25) is 9.59 Å². The molecule has 3 aromatic carbocycles. The number of rotatable bonds is 3. The Morgan fingerprint density at radius 1 is 0.704 bits per heavy atom. The molecule has 27 heavy (non-hydrogen) atoms. The van der Waals surface area contributed by atoms with E-state index in [1.165, 1.54) is 36.4 Å². The Balaban J connectivity index is 1.85. The number of hydrogen-bond donors (Lipinski definition) is 0. The van der Waals surface area contributed by atoms with Crippen molar-refractivity contribution >= 4 is 21.7 Å². The minimum Gasteiger partial charge on any atom is -0.379 e. The molecule has 0 fully saturated rings. The minimum atomic E-state index is -4.30. The molecule has 0 bridgehead atoms. The molecule has 134 valence electrons. The lowest BCUT2D eigenvalue weighted by Gasteiger charge is -2.19. The fourth-order valence-corrected chi connectivity index (χ4v) is 4.24. The van der Waals surface area contributed by atoms with Gasteiger partial charge in [0.1, 0.15) is 10.6 Å². The lowest BCUT2D eigenvalue weighted by Crippen LogP contribution is -2.24. The van der Waals surface area contributed by atoms with Crippen LogP contribution in [0.4, 0.5) is 0 Å². The van der Waals surface area contributed by atoms with Gasteiger partial charge in [0.15, 0.2) is 11.6 Å². The van der Waals surface area contributed by atoms with Crippen LogP contribution in [0.25, 0.3) is 0 Å². The Labute approximate surface area is 156 Å². The first-order chi connectivity index (χ1) is 12.9. The highest BCUT2D eigenvalue weighted by molar-refractivity contribution is 7.87. The molecule has 0 N–H and O–H groups in total. The van der Waals surface area contributed by atoms with Crippen LogP contribution >= 0.6 is 0 Å². The van der Waals surface area contributed by atoms with Crippen LogP contribution in [0.3, 0.4) is 0 Å². The van der Waals surface area contributed by atoms with Gasteiger partial charge in [-0.1, -0.05) is 54.1 Å². The zero-order valence-corrected chi connectivity index (χ0v) is 15.1. The first-order valence-corrected chi connectivity index (χ1v) is 9.62. The Kier molecular flexibility index (Phi) is 3.93. The van der Waals surface area contributed by atoms with Gasteiger partial charge < -0.3 is 4.18 Å². The van der Waals surface area contributed by atoms with Crippen LogP contribution in [0.1, 0.15) is 37.4 Å². The average Bonchev–Trinajstić information content (AvgIpc) is 2.67. The second kappa shape index (κ2) is 6.17. The predicted octanol–water partition coefficient (Wildman–Crippen LogP) is 3.54. The summed E-state index contributed by atoms with van der Waals surface area (Å²) in [5.74, 6) is -0.757. The molecular formula is C21H14O5S. The fraction of sp³-hybridized carbons (Fsp3) is 0.0476. The zero-order valence-electron chi connectivity index (χ0n) is 14.3. The van der Waals surface area contributed by atoms with Gasteiger partial charge in [0.25, 0.3) is 0 Å². The van der Waals surface area contributed by atoms with Crippen LogP contribution in [0.15, 0.2) is 71.6 Å². The van der Waals surface area contributed by atoms with E-state index in [4.69, 9.17) is 4.18 Å². The largest absolute Gasteiger partial charge is 0.379 e. The maximum absolute atomic E-state index is 12.9. The molecule has 5 nitrogen and oxygen atoms in total. The van der Waals surface area contributed by atoms with Gasteiger partial charge in [-0.25, -0.2) is 0 Å². The normalized spacial score (nSPS) is 13.1. The molecule has 1 aliphatic rings. The molecule has 0 saturated carbocycles. The third-order valence-electron chi connectivity index (χ3n) is 4.41. The van der Waals surface area contributed by atoms with Crippen LogP contribution in [-0.4, -0.2) is 20.0 Å². The zero-order chi connectivity index (χ0) is 19.2. The summed E-state index contributed by atoms with van der Waals surface area (Å²) in [6, 6.07) is 17.0. The Morgan fingerprint density at radius 2 is 1.30 bits per heavy atom. The number of carbonyl (C=O) groups excluding carboxylic acids is 2. The van der Waals surface area contributed by atoms with Gasteiger partial charge in [0, 0.05) is 16.7 Å². The van der Waals surface area contributed by atoms with Crippen molar-refractivity contribution in [3.8, 4) is 5.75 Å². The van der Waals surface area contributed by atoms with Crippen LogP contribution in [-0.2, 0) is 10.1 Å². The van der Waals surface area contributed by atoms with Crippen molar-refractivity contribution in [3.63, 3.8) is 0 Å². The van der Waals surface area contributed by atoms with Crippen LogP contribution in [0, 0.1) is 6.92 Å². The van der Waals surface area contributed by atoms with Crippen molar-refractivity contribution in [2.24, 2.45) is 0 Å². The SMILES string of the molecule is Cc1ccc(OS(=O)(=O)c2cccc3c2C(=O)c2ccccc2C3=O)cc1. The molecule has 0 spiro atoms. The first-order valence-electron chi connectivity index (χ1n) is 8.21. The first kappa shape index (κ1) is 17.2. The van der Waals surface area contributed by atoms with E-state index in [-0.39, 0.29) is 38.7 Å². The highest BCUT2D eigenvalue weighted by Gasteiger charge is 2.35. The summed E-state index contributed by atoms with van der Waals surface area (Å²) in [6.07, 6.45) is 0. The highest BCUT2D eigenvalue weighted by atomic mass is 32.2. The average molecular weight is 378 g/mol. The summed E-state index contributed by atoms with van der Waals surface area (Å²) in [4.78, 5) is 25.4. The number of carbonyl (C=O) groups is 2. The van der Waals surface area contributed by atoms with E-state index >= 15 is 0 Å². The van der Waals surface area contributed by atoms with Gasteiger partial charge in [-0.15, -0.1) is 0 Å². The summed E-state index contributed by atoms with van der Waals surface area (Å²) in [7, 11) is -4.30. The molecule has 0 atom stereocenters. The molecule has 4 rings (SSSR count). The van der Waals surface area contributed by atoms with Gasteiger partial charge in [0.05, 0.1) is 5.56 Å². The van der Waals surface area contributed by atoms with Crippen LogP contribution in [0.2, 0.25) is 0 Å². The molecule has 3 aromatic rings. The maximum atomic E-state index is 12.9. The van der Waals surface area contributed by atoms with Gasteiger partial charge in [0.2, 0.25) is 0 Å². The second-order valence-electron chi connectivity index (χ2n) is 6.23. The number of aryl methyl sites for hydroxylation is 1. The molecule has 0 unspecified atom stereocenters. The van der Waals surface area contributed by atoms with E-state index in [1.807, 2.05) is 6.92 Å². The Hall–Kier alpha value is -3.25. The van der Waals surface area contributed by atoms with Gasteiger partial charge >= 0.3 is 10.1 Å². The topological polar surface area (TPSA) is 77.5 Å². The standard InChI is InChI=1S/C21H14O5S/c1-13-9-11-14(12-10-13)26-27(24,25)18-8-4-7-17-19(18)21(23)16-6-3-2-5-15(16)20(17)22/h2-12H,1H3. The Bertz CT molecular complexity index is 1190. The quantitative estimate of drug-likeness (QED) is 0.510. The van der Waals surface area contributed by atoms with E-state index in [1.54, 1.807) is 30.3 Å². The summed E-state index contributed by atoms with van der Waals surface area (Å²) in [6.45, 7) is 1.87. The van der Waals surface area contributed by atoms with E-state index in [9.17, 15) is 18.0 Å². The van der Waals surface area contributed by atoms with Crippen molar-refractivity contribution in [2.45, 2.75) is 11.8 Å². The van der Waals surface area contributed by atoms with E-state index < -0.39 is 15.9 Å². The minimum absolute atomic E-state index is 0.0623. The number of hydrogen-bond acceptors (Lipinski definition) is 5. The third kappa shape index (κ3) is 2.84. The molecule has 0 saturated heterocycles. The molecule has 1 aliphatic carbocycles. The second-order valence-corrected chi connectivity index (χ2v) is 7.75. The van der Waals surface area contributed by atoms with Gasteiger partial charge in [-0.2, -0.15) is 8.42 Å². The molecule has 0 aromatic heterocycles. The van der Waals surface area contributed by atoms with Gasteiger partial charge in [-0.05, 0) is 25.1 Å². The Morgan fingerprint density at radius 3 is 1.96 bits per heavy atom. The smallest absolute Gasteiger partial charge is 0.339 e. The van der Waals surface area contributed by atoms with E-state index in [0.717, 1.165) is 5.56 Å². The molecule has 0 radical (unpaired) electrons. The molecule has 0 amide bonds. The number of fused-ring (bicyclic) bond motifs is 2. The number of ketones is 2. The monoisotopic (exact) mass is 378 g/mol. The van der Waals surface area contributed by atoms with Crippen molar-refractivity contribution in [2.75, 3.05) is 0 Å². The van der Waals surface area contributed by atoms with E-state index in [2.05, 4.69) is 0 Å². The summed E-state index contributed by atoms with van der Waals surface area (Å²) >= 11 is 0. The molecule has 0 aliphatic heterocycles. The maximum Gasteiger partial charge on any atom is 0.339 e. The van der Waals surface area contributed by atoms with Crippen molar-refractivity contribution in [1.82, 2.24) is 0 Å². The van der Waals surface area contributed by atoms with Crippen LogP contribution in [0.5, 0.6) is 5.75 Å². The summed E-state index contributed by atoms with van der Waals surface area (Å²) in [5.41, 5.74) is 1.33. The summed E-state index contributed by atoms with van der Waals surface area (Å²) in [5, 5.41) is 0. The highest BCUT2D eigenvalue weighted by Crippen LogP contribution is 2.32. The fourth-order valence-electron chi connectivity index (χ4n) is 3.09. The number of benzene rings is 3. The van der Waals surface area contributed by atoms with E-state index in [0.29, 0.717) is 0 Å². The lowest BCUT2D eigenvalue weighted by atomic mass is 9.84. The summed E-state index contributed by atoms with van der Waals surface area (Å²) < 4.78 is 30.9. The molecular weight excluding hydrogens is 364 g/mol. The molecule has 6 heteroatoms. The van der Waals surface area contributed by atoms with Crippen molar-refractivity contribution < 1.29 is 22.2 Å². The molecule has 0 heterocycles. The third-order valence-corrected chi connectivity index (χ3v) is 5.70. The lowest BCUT2D eigenvalue weighted by molar-refractivity contribution is 0.0976.